The fourth-order valence-electron chi connectivity index (χ4n) is 1.65. The van der Waals surface area contributed by atoms with Gasteiger partial charge in [-0.2, -0.15) is 0 Å². The zero-order valence-electron chi connectivity index (χ0n) is 9.99. The van der Waals surface area contributed by atoms with E-state index >= 15 is 0 Å². The van der Waals surface area contributed by atoms with Crippen molar-refractivity contribution < 1.29 is 0 Å². The van der Waals surface area contributed by atoms with Crippen molar-refractivity contribution in [1.82, 2.24) is 0 Å². The van der Waals surface area contributed by atoms with Crippen molar-refractivity contribution >= 4 is 19.4 Å². The van der Waals surface area contributed by atoms with E-state index in [0.29, 0.717) is 15.0 Å². The van der Waals surface area contributed by atoms with Gasteiger partial charge in [-0.05, 0) is 0 Å². The Labute approximate surface area is 106 Å². The van der Waals surface area contributed by atoms with Crippen molar-refractivity contribution in [1.29, 1.82) is 0 Å². The van der Waals surface area contributed by atoms with Crippen molar-refractivity contribution in [2.45, 2.75) is 43.8 Å². The van der Waals surface area contributed by atoms with E-state index < -0.39 is 0 Å². The first-order chi connectivity index (χ1) is 7.86. The number of hydrogen-bond acceptors (Lipinski definition) is 0. The Hall–Kier alpha value is -0.701. The summed E-state index contributed by atoms with van der Waals surface area (Å²) in [7, 11) is 0. The first-order valence-electron chi connectivity index (χ1n) is 6.02. The molecule has 0 radical (unpaired) electrons. The molecular weight excluding hydrogens is 259 g/mol. The molecule has 0 aromatic heterocycles. The zero-order valence-corrected chi connectivity index (χ0v) is 11.7. The topological polar surface area (TPSA) is 0 Å². The Bertz CT molecular complexity index is 310. The fraction of sp³-hybridized carbons (Fsp3) is 0.467. The normalized spacial score (nSPS) is 12.0. The number of benzene rings is 1. The van der Waals surface area contributed by atoms with E-state index in [4.69, 9.17) is 6.42 Å². The minimum absolute atomic E-state index is 0.543. The van der Waals surface area contributed by atoms with Gasteiger partial charge in [-0.15, -0.1) is 0 Å². The molecule has 1 rings (SSSR count). The summed E-state index contributed by atoms with van der Waals surface area (Å²) >= 11 is 0.543. The SMILES string of the molecule is C#CCC(CCCCC)[Se]c1ccccc1. The monoisotopic (exact) mass is 280 g/mol. The van der Waals surface area contributed by atoms with E-state index in [-0.39, 0.29) is 0 Å². The second kappa shape index (κ2) is 8.45. The summed E-state index contributed by atoms with van der Waals surface area (Å²) in [6.07, 6.45) is 11.7. The number of rotatable bonds is 7. The summed E-state index contributed by atoms with van der Waals surface area (Å²) in [6.45, 7) is 2.25. The second-order valence-electron chi connectivity index (χ2n) is 3.96. The molecule has 0 heterocycles. The molecule has 0 bridgehead atoms. The number of hydrogen-bond donors (Lipinski definition) is 0. The van der Waals surface area contributed by atoms with Crippen LogP contribution in [0.1, 0.15) is 39.0 Å². The van der Waals surface area contributed by atoms with Gasteiger partial charge in [-0.1, -0.05) is 0 Å². The molecule has 0 nitrogen and oxygen atoms in total. The summed E-state index contributed by atoms with van der Waals surface area (Å²) in [6, 6.07) is 10.8. The first-order valence-corrected chi connectivity index (χ1v) is 7.86. The molecule has 1 heteroatoms. The van der Waals surface area contributed by atoms with Crippen LogP contribution in [0, 0.1) is 12.3 Å². The molecule has 0 amide bonds. The summed E-state index contributed by atoms with van der Waals surface area (Å²) in [5, 5.41) is 0. The predicted octanol–water partition coefficient (Wildman–Crippen LogP) is 3.41. The van der Waals surface area contributed by atoms with Crippen molar-refractivity contribution in [3.63, 3.8) is 0 Å². The van der Waals surface area contributed by atoms with Crippen LogP contribution < -0.4 is 4.46 Å². The van der Waals surface area contributed by atoms with E-state index in [1.54, 1.807) is 0 Å². The molecule has 0 aliphatic heterocycles. The average Bonchev–Trinajstić information content (AvgIpc) is 2.31. The molecule has 1 unspecified atom stereocenters. The molecule has 1 aromatic carbocycles. The molecular formula is C15H20Se. The summed E-state index contributed by atoms with van der Waals surface area (Å²) in [5.74, 6) is 2.83. The second-order valence-corrected chi connectivity index (χ2v) is 6.84. The van der Waals surface area contributed by atoms with Crippen LogP contribution in [0.25, 0.3) is 0 Å². The third kappa shape index (κ3) is 5.40. The summed E-state index contributed by atoms with van der Waals surface area (Å²) in [4.78, 5) is 0.728. The predicted molar refractivity (Wildman–Crippen MR) is 73.2 cm³/mol. The molecule has 86 valence electrons. The van der Waals surface area contributed by atoms with Gasteiger partial charge in [0.25, 0.3) is 0 Å². The van der Waals surface area contributed by atoms with Crippen molar-refractivity contribution in [2.75, 3.05) is 0 Å². The number of terminal acetylenes is 1. The van der Waals surface area contributed by atoms with Crippen LogP contribution in [-0.2, 0) is 0 Å². The van der Waals surface area contributed by atoms with E-state index in [0.717, 1.165) is 11.2 Å². The molecule has 0 aliphatic carbocycles. The van der Waals surface area contributed by atoms with Crippen LogP contribution >= 0.6 is 0 Å². The van der Waals surface area contributed by atoms with Crippen LogP contribution in [0.2, 0.25) is 4.82 Å². The van der Waals surface area contributed by atoms with Crippen molar-refractivity contribution in [3.05, 3.63) is 30.3 Å². The van der Waals surface area contributed by atoms with E-state index in [2.05, 4.69) is 43.2 Å². The van der Waals surface area contributed by atoms with Gasteiger partial charge in [0.15, 0.2) is 0 Å². The van der Waals surface area contributed by atoms with Gasteiger partial charge >= 0.3 is 106 Å². The third-order valence-electron chi connectivity index (χ3n) is 2.52. The summed E-state index contributed by atoms with van der Waals surface area (Å²) in [5.41, 5.74) is 0. The van der Waals surface area contributed by atoms with Gasteiger partial charge in [0, 0.05) is 0 Å². The molecule has 0 saturated carbocycles. The molecule has 0 saturated heterocycles. The van der Waals surface area contributed by atoms with Crippen molar-refractivity contribution in [2.24, 2.45) is 0 Å². The van der Waals surface area contributed by atoms with Crippen LogP contribution in [-0.4, -0.2) is 15.0 Å². The van der Waals surface area contributed by atoms with Crippen molar-refractivity contribution in [3.8, 4) is 12.3 Å². The van der Waals surface area contributed by atoms with Gasteiger partial charge in [-0.3, -0.25) is 0 Å². The average molecular weight is 279 g/mol. The van der Waals surface area contributed by atoms with Crippen LogP contribution in [0.15, 0.2) is 30.3 Å². The standard InChI is InChI=1S/C15H20Se/c1-3-5-7-11-14(10-4-2)16-15-12-8-6-9-13-15/h2,6,8-9,12-14H,3,5,7,10-11H2,1H3. The molecule has 1 atom stereocenters. The third-order valence-corrected chi connectivity index (χ3v) is 5.21. The molecule has 16 heavy (non-hydrogen) atoms. The minimum atomic E-state index is 0.543. The maximum atomic E-state index is 5.45. The van der Waals surface area contributed by atoms with E-state index in [1.807, 2.05) is 0 Å². The number of unbranched alkanes of at least 4 members (excludes halogenated alkanes) is 2. The Balaban J connectivity index is 2.42. The Morgan fingerprint density at radius 2 is 2.00 bits per heavy atom. The Morgan fingerprint density at radius 3 is 2.62 bits per heavy atom. The quantitative estimate of drug-likeness (QED) is 0.407. The summed E-state index contributed by atoms with van der Waals surface area (Å²) < 4.78 is 1.48. The molecule has 0 fully saturated rings. The molecule has 1 aromatic rings. The van der Waals surface area contributed by atoms with Gasteiger partial charge < -0.3 is 0 Å². The molecule has 0 aliphatic rings. The van der Waals surface area contributed by atoms with Gasteiger partial charge in [0.05, 0.1) is 0 Å². The van der Waals surface area contributed by atoms with Crippen LogP contribution in [0.5, 0.6) is 0 Å². The molecule has 0 spiro atoms. The van der Waals surface area contributed by atoms with E-state index in [1.165, 1.54) is 30.1 Å². The Morgan fingerprint density at radius 1 is 1.25 bits per heavy atom. The van der Waals surface area contributed by atoms with Gasteiger partial charge in [0.2, 0.25) is 0 Å². The molecule has 0 N–H and O–H groups in total. The van der Waals surface area contributed by atoms with Gasteiger partial charge in [-0.25, -0.2) is 0 Å². The van der Waals surface area contributed by atoms with Crippen LogP contribution in [0.3, 0.4) is 0 Å². The zero-order chi connectivity index (χ0) is 11.6. The van der Waals surface area contributed by atoms with Crippen LogP contribution in [0.4, 0.5) is 0 Å². The Kier molecular flexibility index (Phi) is 7.06. The fourth-order valence-corrected chi connectivity index (χ4v) is 4.09. The first kappa shape index (κ1) is 13.4. The van der Waals surface area contributed by atoms with Gasteiger partial charge in [0.1, 0.15) is 0 Å². The maximum absolute atomic E-state index is 5.45. The van der Waals surface area contributed by atoms with E-state index in [9.17, 15) is 0 Å².